The van der Waals surface area contributed by atoms with Gasteiger partial charge in [-0.2, -0.15) is 0 Å². The molecule has 2 N–H and O–H groups in total. The van der Waals surface area contributed by atoms with Crippen molar-refractivity contribution >= 4 is 40.8 Å². The molecule has 0 atom stereocenters. The van der Waals surface area contributed by atoms with Crippen LogP contribution in [0.3, 0.4) is 0 Å². The highest BCUT2D eigenvalue weighted by Gasteiger charge is 2.27. The highest BCUT2D eigenvalue weighted by molar-refractivity contribution is 6.35. The van der Waals surface area contributed by atoms with Crippen LogP contribution in [0.2, 0.25) is 0 Å². The van der Waals surface area contributed by atoms with E-state index < -0.39 is 5.97 Å². The van der Waals surface area contributed by atoms with Gasteiger partial charge in [-0.1, -0.05) is 6.92 Å². The van der Waals surface area contributed by atoms with E-state index in [4.69, 9.17) is 4.42 Å². The van der Waals surface area contributed by atoms with Crippen LogP contribution in [-0.2, 0) is 28.8 Å². The summed E-state index contributed by atoms with van der Waals surface area (Å²) in [5.74, 6) is 0.806. The van der Waals surface area contributed by atoms with Crippen molar-refractivity contribution in [2.24, 2.45) is 0 Å². The lowest BCUT2D eigenvalue weighted by Crippen LogP contribution is -2.12. The number of ether oxygens (including phenoxy) is 1. The number of esters is 1. The van der Waals surface area contributed by atoms with Gasteiger partial charge in [-0.05, 0) is 79.8 Å². The summed E-state index contributed by atoms with van der Waals surface area (Å²) in [5, 5.41) is 5.76. The van der Waals surface area contributed by atoms with Crippen LogP contribution in [0, 0.1) is 0 Å². The molecule has 0 fully saturated rings. The van der Waals surface area contributed by atoms with E-state index >= 15 is 0 Å². The Hall–Kier alpha value is -4.13. The Kier molecular flexibility index (Phi) is 5.99. The van der Waals surface area contributed by atoms with E-state index in [9.17, 15) is 14.4 Å². The number of carbonyl (C=O) groups excluding carboxylic acids is 3. The fourth-order valence-corrected chi connectivity index (χ4v) is 4.78. The van der Waals surface area contributed by atoms with Crippen LogP contribution in [0.5, 0.6) is 0 Å². The topological polar surface area (TPSA) is 97.6 Å². The number of fused-ring (bicyclic) bond motifs is 2. The molecule has 35 heavy (non-hydrogen) atoms. The highest BCUT2D eigenvalue weighted by atomic mass is 16.5. The van der Waals surface area contributed by atoms with E-state index in [-0.39, 0.29) is 11.8 Å². The third-order valence-electron chi connectivity index (χ3n) is 6.57. The average molecular weight is 471 g/mol. The predicted octanol–water partition coefficient (Wildman–Crippen LogP) is 5.25. The molecule has 2 heterocycles. The summed E-state index contributed by atoms with van der Waals surface area (Å²) in [6.07, 6.45) is 6.91. The normalized spacial score (nSPS) is 15.4. The van der Waals surface area contributed by atoms with Gasteiger partial charge in [-0.15, -0.1) is 0 Å². The first-order chi connectivity index (χ1) is 17.0. The smallest absolute Gasteiger partial charge is 0.337 e. The van der Waals surface area contributed by atoms with Gasteiger partial charge in [0.25, 0.3) is 11.8 Å². The van der Waals surface area contributed by atoms with Crippen molar-refractivity contribution in [2.45, 2.75) is 39.0 Å². The Morgan fingerprint density at radius 2 is 1.83 bits per heavy atom. The molecule has 5 rings (SSSR count). The third-order valence-corrected chi connectivity index (χ3v) is 6.57. The van der Waals surface area contributed by atoms with Crippen LogP contribution in [0.1, 0.15) is 68.7 Å². The van der Waals surface area contributed by atoms with Gasteiger partial charge in [0.05, 0.1) is 18.2 Å². The predicted molar refractivity (Wildman–Crippen MR) is 133 cm³/mol. The molecule has 3 aromatic rings. The van der Waals surface area contributed by atoms with Gasteiger partial charge < -0.3 is 19.8 Å². The second-order valence-electron chi connectivity index (χ2n) is 8.70. The van der Waals surface area contributed by atoms with E-state index in [1.165, 1.54) is 18.2 Å². The number of benzene rings is 2. The number of hydrogen-bond donors (Lipinski definition) is 2. The molecule has 1 aliphatic heterocycles. The Balaban J connectivity index is 1.42. The molecule has 2 aromatic carbocycles. The van der Waals surface area contributed by atoms with Crippen molar-refractivity contribution in [1.29, 1.82) is 0 Å². The molecule has 1 aromatic heterocycles. The van der Waals surface area contributed by atoms with Gasteiger partial charge in [0.15, 0.2) is 0 Å². The van der Waals surface area contributed by atoms with Gasteiger partial charge in [0, 0.05) is 34.5 Å². The first-order valence-corrected chi connectivity index (χ1v) is 11.8. The van der Waals surface area contributed by atoms with Crippen molar-refractivity contribution < 1.29 is 23.5 Å². The molecule has 0 bridgehead atoms. The molecular formula is C28H26N2O5. The van der Waals surface area contributed by atoms with E-state index in [1.807, 2.05) is 6.08 Å². The first kappa shape index (κ1) is 22.7. The molecule has 0 saturated carbocycles. The maximum atomic E-state index is 12.8. The molecule has 7 heteroatoms. The summed E-state index contributed by atoms with van der Waals surface area (Å²) in [6, 6.07) is 11.5. The molecular weight excluding hydrogens is 444 g/mol. The summed E-state index contributed by atoms with van der Waals surface area (Å²) >= 11 is 0. The molecule has 0 saturated heterocycles. The molecule has 1 aliphatic carbocycles. The number of rotatable bonds is 5. The number of anilines is 2. The van der Waals surface area contributed by atoms with Crippen LogP contribution in [0.25, 0.3) is 11.6 Å². The molecule has 0 unspecified atom stereocenters. The summed E-state index contributed by atoms with van der Waals surface area (Å²) in [7, 11) is 1.31. The quantitative estimate of drug-likeness (QED) is 0.392. The third kappa shape index (κ3) is 4.25. The second-order valence-corrected chi connectivity index (χ2v) is 8.70. The number of aryl methyl sites for hydroxylation is 1. The fourth-order valence-electron chi connectivity index (χ4n) is 4.78. The molecule has 2 amide bonds. The number of carbonyl (C=O) groups is 3. The second kappa shape index (κ2) is 9.25. The number of methoxy groups -OCH3 is 1. The zero-order valence-electron chi connectivity index (χ0n) is 19.7. The summed E-state index contributed by atoms with van der Waals surface area (Å²) in [4.78, 5) is 37.2. The molecule has 0 spiro atoms. The minimum Gasteiger partial charge on any atom is -0.465 e. The minimum atomic E-state index is -0.462. The van der Waals surface area contributed by atoms with E-state index in [0.29, 0.717) is 33.6 Å². The van der Waals surface area contributed by atoms with Crippen LogP contribution in [-0.4, -0.2) is 24.9 Å². The number of furan rings is 1. The highest BCUT2D eigenvalue weighted by Crippen LogP contribution is 2.38. The molecule has 2 aliphatic rings. The van der Waals surface area contributed by atoms with Crippen molar-refractivity contribution in [2.75, 3.05) is 17.7 Å². The van der Waals surface area contributed by atoms with Crippen LogP contribution in [0.4, 0.5) is 11.4 Å². The number of hydrogen-bond acceptors (Lipinski definition) is 5. The van der Waals surface area contributed by atoms with E-state index in [1.54, 1.807) is 42.5 Å². The lowest BCUT2D eigenvalue weighted by molar-refractivity contribution is -0.110. The monoisotopic (exact) mass is 470 g/mol. The van der Waals surface area contributed by atoms with E-state index in [0.717, 1.165) is 43.6 Å². The van der Waals surface area contributed by atoms with Crippen molar-refractivity contribution in [3.63, 3.8) is 0 Å². The SMILES string of the molecule is CCc1c(C=C2C(=O)Nc3ccc(NC(=O)c4ccc(C(=O)OC)cc4)cc32)oc2c1CCCC2. The molecule has 178 valence electrons. The van der Waals surface area contributed by atoms with Crippen LogP contribution in [0.15, 0.2) is 46.9 Å². The average Bonchev–Trinajstić information content (AvgIpc) is 3.39. The Morgan fingerprint density at radius 1 is 1.09 bits per heavy atom. The summed E-state index contributed by atoms with van der Waals surface area (Å²) in [6.45, 7) is 2.11. The fraction of sp³-hybridized carbons (Fsp3) is 0.250. The van der Waals surface area contributed by atoms with Gasteiger partial charge in [-0.3, -0.25) is 9.59 Å². The van der Waals surface area contributed by atoms with E-state index in [2.05, 4.69) is 22.3 Å². The zero-order valence-corrected chi connectivity index (χ0v) is 19.7. The number of nitrogens with one attached hydrogen (secondary N) is 2. The largest absolute Gasteiger partial charge is 0.465 e. The zero-order chi connectivity index (χ0) is 24.5. The standard InChI is InChI=1S/C28H26N2O5/c1-3-19-20-6-4-5-7-24(20)35-25(19)15-22-21-14-18(12-13-23(21)30-27(22)32)29-26(31)16-8-10-17(11-9-16)28(33)34-2/h8-15H,3-7H2,1-2H3,(H,29,31)(H,30,32). The van der Waals surface area contributed by atoms with Gasteiger partial charge in [0.2, 0.25) is 0 Å². The maximum absolute atomic E-state index is 12.8. The maximum Gasteiger partial charge on any atom is 0.337 e. The molecule has 0 radical (unpaired) electrons. The molecule has 7 nitrogen and oxygen atoms in total. The lowest BCUT2D eigenvalue weighted by Gasteiger charge is -2.09. The number of amides is 2. The first-order valence-electron chi connectivity index (χ1n) is 11.8. The van der Waals surface area contributed by atoms with Crippen LogP contribution < -0.4 is 10.6 Å². The Bertz CT molecular complexity index is 1360. The van der Waals surface area contributed by atoms with Crippen molar-refractivity contribution in [3.05, 3.63) is 81.8 Å². The summed E-state index contributed by atoms with van der Waals surface area (Å²) in [5.41, 5.74) is 5.71. The van der Waals surface area contributed by atoms with Crippen LogP contribution >= 0.6 is 0 Å². The van der Waals surface area contributed by atoms with Gasteiger partial charge in [-0.25, -0.2) is 4.79 Å². The Labute approximate surface area is 203 Å². The lowest BCUT2D eigenvalue weighted by atomic mass is 9.93. The van der Waals surface area contributed by atoms with Crippen molar-refractivity contribution in [1.82, 2.24) is 0 Å². The van der Waals surface area contributed by atoms with Crippen molar-refractivity contribution in [3.8, 4) is 0 Å². The van der Waals surface area contributed by atoms with Gasteiger partial charge in [0.1, 0.15) is 11.5 Å². The summed E-state index contributed by atoms with van der Waals surface area (Å²) < 4.78 is 10.9. The van der Waals surface area contributed by atoms with Gasteiger partial charge >= 0.3 is 5.97 Å². The minimum absolute atomic E-state index is 0.196. The Morgan fingerprint density at radius 3 is 2.57 bits per heavy atom.